The highest BCUT2D eigenvalue weighted by molar-refractivity contribution is 5.69. The van der Waals surface area contributed by atoms with Gasteiger partial charge in [-0.05, 0) is 69.7 Å². The van der Waals surface area contributed by atoms with Crippen LogP contribution in [0.1, 0.15) is 62.1 Å². The van der Waals surface area contributed by atoms with Crippen LogP contribution in [0, 0.1) is 23.7 Å². The normalized spacial score (nSPS) is 27.5. The van der Waals surface area contributed by atoms with E-state index in [1.54, 1.807) is 0 Å². The summed E-state index contributed by atoms with van der Waals surface area (Å²) in [5.74, 6) is 6.32. The third-order valence-electron chi connectivity index (χ3n) is 5.48. The lowest BCUT2D eigenvalue weighted by Gasteiger charge is -2.24. The lowest BCUT2D eigenvalue weighted by atomic mass is 9.81. The average Bonchev–Trinajstić information content (AvgIpc) is 3.02. The van der Waals surface area contributed by atoms with Crippen molar-refractivity contribution in [2.75, 3.05) is 13.6 Å². The third kappa shape index (κ3) is 4.15. The van der Waals surface area contributed by atoms with Gasteiger partial charge < -0.3 is 5.11 Å². The van der Waals surface area contributed by atoms with Crippen LogP contribution in [0.15, 0.2) is 18.5 Å². The lowest BCUT2D eigenvalue weighted by molar-refractivity contribution is -0.143. The molecular weight excluding hydrogens is 300 g/mol. The summed E-state index contributed by atoms with van der Waals surface area (Å²) in [5, 5.41) is 9.05. The van der Waals surface area contributed by atoms with Crippen LogP contribution in [0.4, 0.5) is 0 Å². The second-order valence-corrected chi connectivity index (χ2v) is 7.21. The molecule has 2 fully saturated rings. The Morgan fingerprint density at radius 2 is 2.08 bits per heavy atom. The Bertz CT molecular complexity index is 639. The fourth-order valence-corrected chi connectivity index (χ4v) is 3.95. The van der Waals surface area contributed by atoms with E-state index in [0.717, 1.165) is 44.2 Å². The highest BCUT2D eigenvalue weighted by Crippen LogP contribution is 2.31. The summed E-state index contributed by atoms with van der Waals surface area (Å²) in [6.07, 6.45) is 10.7. The van der Waals surface area contributed by atoms with E-state index in [4.69, 9.17) is 5.11 Å². The van der Waals surface area contributed by atoms with Crippen molar-refractivity contribution in [2.45, 2.75) is 51.0 Å². The van der Waals surface area contributed by atoms with Gasteiger partial charge in [0.05, 0.1) is 5.92 Å². The van der Waals surface area contributed by atoms with Gasteiger partial charge in [-0.25, -0.2) is 0 Å². The summed E-state index contributed by atoms with van der Waals surface area (Å²) in [6, 6.07) is 2.65. The summed E-state index contributed by atoms with van der Waals surface area (Å²) >= 11 is 0. The molecular formula is C20H26N2O2. The summed E-state index contributed by atoms with van der Waals surface area (Å²) < 4.78 is 0. The Morgan fingerprint density at radius 3 is 2.75 bits per heavy atom. The smallest absolute Gasteiger partial charge is 0.306 e. The molecule has 1 saturated heterocycles. The molecule has 0 spiro atoms. The predicted molar refractivity (Wildman–Crippen MR) is 93.4 cm³/mol. The van der Waals surface area contributed by atoms with Crippen LogP contribution in [0.3, 0.4) is 0 Å². The van der Waals surface area contributed by atoms with Gasteiger partial charge in [0.1, 0.15) is 0 Å². The van der Waals surface area contributed by atoms with E-state index in [1.165, 1.54) is 18.4 Å². The number of hydrogen-bond donors (Lipinski definition) is 1. The molecule has 0 aromatic carbocycles. The molecule has 24 heavy (non-hydrogen) atoms. The molecule has 0 unspecified atom stereocenters. The summed E-state index contributed by atoms with van der Waals surface area (Å²) in [7, 11) is 2.17. The first-order valence-electron chi connectivity index (χ1n) is 9.00. The Balaban J connectivity index is 1.56. The van der Waals surface area contributed by atoms with Gasteiger partial charge in [0.15, 0.2) is 0 Å². The Hall–Kier alpha value is -1.86. The molecule has 1 saturated carbocycles. The zero-order chi connectivity index (χ0) is 16.9. The van der Waals surface area contributed by atoms with Crippen LogP contribution in [0.25, 0.3) is 0 Å². The molecule has 2 heterocycles. The zero-order valence-electron chi connectivity index (χ0n) is 14.4. The highest BCUT2D eigenvalue weighted by atomic mass is 16.4. The lowest BCUT2D eigenvalue weighted by Crippen LogP contribution is -2.21. The number of likely N-dealkylation sites (tertiary alicyclic amines) is 1. The Morgan fingerprint density at radius 1 is 1.29 bits per heavy atom. The van der Waals surface area contributed by atoms with Crippen molar-refractivity contribution in [2.24, 2.45) is 11.8 Å². The van der Waals surface area contributed by atoms with Crippen LogP contribution in [0.2, 0.25) is 0 Å². The zero-order valence-corrected chi connectivity index (χ0v) is 14.4. The van der Waals surface area contributed by atoms with E-state index in [0.29, 0.717) is 12.0 Å². The SMILES string of the molecule is CN1CCC[C@H]1c1cncc(C#CCC2CCC(C(=O)O)CC2)c1. The second kappa shape index (κ2) is 7.81. The van der Waals surface area contributed by atoms with Gasteiger partial charge in [-0.1, -0.05) is 11.8 Å². The van der Waals surface area contributed by atoms with Crippen LogP contribution in [-0.2, 0) is 4.79 Å². The van der Waals surface area contributed by atoms with Crippen molar-refractivity contribution in [3.05, 3.63) is 29.6 Å². The maximum Gasteiger partial charge on any atom is 0.306 e. The molecule has 1 aromatic heterocycles. The van der Waals surface area contributed by atoms with E-state index in [2.05, 4.69) is 34.8 Å². The van der Waals surface area contributed by atoms with Gasteiger partial charge in [-0.2, -0.15) is 0 Å². The molecule has 4 heteroatoms. The quantitative estimate of drug-likeness (QED) is 0.864. The molecule has 0 radical (unpaired) electrons. The molecule has 1 atom stereocenters. The third-order valence-corrected chi connectivity index (χ3v) is 5.48. The van der Waals surface area contributed by atoms with E-state index < -0.39 is 5.97 Å². The van der Waals surface area contributed by atoms with Crippen LogP contribution in [0.5, 0.6) is 0 Å². The highest BCUT2D eigenvalue weighted by Gasteiger charge is 2.25. The summed E-state index contributed by atoms with van der Waals surface area (Å²) in [4.78, 5) is 17.7. The van der Waals surface area contributed by atoms with Gasteiger partial charge >= 0.3 is 5.97 Å². The molecule has 128 valence electrons. The molecule has 1 aromatic rings. The number of carbonyl (C=O) groups is 1. The van der Waals surface area contributed by atoms with Crippen LogP contribution >= 0.6 is 0 Å². The average molecular weight is 326 g/mol. The standard InChI is InChI=1S/C20H26N2O2/c1-22-11-3-6-19(22)18-12-16(13-21-14-18)5-2-4-15-7-9-17(10-8-15)20(23)24/h12-15,17,19H,3-4,6-11H2,1H3,(H,23,24)/t15?,17?,19-/m0/s1. The molecule has 2 aliphatic rings. The first-order valence-corrected chi connectivity index (χ1v) is 9.00. The van der Waals surface area contributed by atoms with Crippen molar-refractivity contribution in [3.8, 4) is 11.8 Å². The van der Waals surface area contributed by atoms with E-state index >= 15 is 0 Å². The maximum atomic E-state index is 11.0. The van der Waals surface area contributed by atoms with E-state index in [-0.39, 0.29) is 5.92 Å². The minimum absolute atomic E-state index is 0.140. The molecule has 1 aliphatic heterocycles. The largest absolute Gasteiger partial charge is 0.481 e. The summed E-state index contributed by atoms with van der Waals surface area (Å²) in [6.45, 7) is 1.15. The Kier molecular flexibility index (Phi) is 5.52. The topological polar surface area (TPSA) is 53.4 Å². The first-order chi connectivity index (χ1) is 11.6. The van der Waals surface area contributed by atoms with Gasteiger partial charge in [0, 0.05) is 30.4 Å². The molecule has 3 rings (SSSR count). The number of carboxylic acid groups (broad SMARTS) is 1. The monoisotopic (exact) mass is 326 g/mol. The minimum Gasteiger partial charge on any atom is -0.481 e. The van der Waals surface area contributed by atoms with Crippen molar-refractivity contribution < 1.29 is 9.90 Å². The number of pyridine rings is 1. The van der Waals surface area contributed by atoms with Crippen molar-refractivity contribution in [3.63, 3.8) is 0 Å². The Labute approximate surface area is 144 Å². The van der Waals surface area contributed by atoms with Crippen LogP contribution < -0.4 is 0 Å². The van der Waals surface area contributed by atoms with Crippen molar-refractivity contribution in [1.82, 2.24) is 9.88 Å². The number of nitrogens with zero attached hydrogens (tertiary/aromatic N) is 2. The molecule has 0 bridgehead atoms. The predicted octanol–water partition coefficient (Wildman–Crippen LogP) is 3.48. The molecule has 1 aliphatic carbocycles. The first kappa shape index (κ1) is 17.0. The van der Waals surface area contributed by atoms with E-state index in [1.807, 2.05) is 12.4 Å². The van der Waals surface area contributed by atoms with Crippen molar-refractivity contribution >= 4 is 5.97 Å². The molecule has 4 nitrogen and oxygen atoms in total. The number of carboxylic acids is 1. The van der Waals surface area contributed by atoms with Crippen LogP contribution in [-0.4, -0.2) is 34.6 Å². The number of aliphatic carboxylic acids is 1. The maximum absolute atomic E-state index is 11.0. The fraction of sp³-hybridized carbons (Fsp3) is 0.600. The fourth-order valence-electron chi connectivity index (χ4n) is 3.95. The second-order valence-electron chi connectivity index (χ2n) is 7.21. The van der Waals surface area contributed by atoms with Crippen molar-refractivity contribution in [1.29, 1.82) is 0 Å². The van der Waals surface area contributed by atoms with Gasteiger partial charge in [-0.15, -0.1) is 0 Å². The minimum atomic E-state index is -0.640. The van der Waals surface area contributed by atoms with Gasteiger partial charge in [-0.3, -0.25) is 14.7 Å². The summed E-state index contributed by atoms with van der Waals surface area (Å²) in [5.41, 5.74) is 2.26. The number of rotatable bonds is 3. The van der Waals surface area contributed by atoms with Gasteiger partial charge in [0.2, 0.25) is 0 Å². The van der Waals surface area contributed by atoms with Gasteiger partial charge in [0.25, 0.3) is 0 Å². The van der Waals surface area contributed by atoms with E-state index in [9.17, 15) is 4.79 Å². The molecule has 1 N–H and O–H groups in total. The molecule has 0 amide bonds. The number of hydrogen-bond acceptors (Lipinski definition) is 3. The number of aromatic nitrogens is 1.